The van der Waals surface area contributed by atoms with Crippen LogP contribution in [0.2, 0.25) is 0 Å². The van der Waals surface area contributed by atoms with Crippen LogP contribution in [0.5, 0.6) is 0 Å². The van der Waals surface area contributed by atoms with Gasteiger partial charge in [-0.05, 0) is 5.19 Å². The van der Waals surface area contributed by atoms with Gasteiger partial charge in [0.25, 0.3) is 0 Å². The molecule has 0 heterocycles. The molecule has 0 aromatic heterocycles. The highest BCUT2D eigenvalue weighted by atomic mass is 79.9. The maximum atomic E-state index is 6.03. The van der Waals surface area contributed by atoms with E-state index in [-0.39, 0.29) is 0 Å². The van der Waals surface area contributed by atoms with Crippen molar-refractivity contribution in [1.82, 2.24) is 0 Å². The van der Waals surface area contributed by atoms with Gasteiger partial charge in [0.05, 0.1) is 0 Å². The van der Waals surface area contributed by atoms with Crippen molar-refractivity contribution in [3.8, 4) is 0 Å². The first-order valence-corrected chi connectivity index (χ1v) is 10.3. The minimum absolute atomic E-state index is 1.14. The fraction of sp³-hybridized carbons (Fsp3) is 0. The number of hydrogen-bond donors (Lipinski definition) is 0. The maximum absolute atomic E-state index is 6.03. The van der Waals surface area contributed by atoms with Crippen LogP contribution >= 0.6 is 41.7 Å². The topological polar surface area (TPSA) is 0 Å². The molecule has 0 fully saturated rings. The molecular formula is C6H5Br2ClSi. The second-order valence-electron chi connectivity index (χ2n) is 1.86. The van der Waals surface area contributed by atoms with Gasteiger partial charge in [0.2, 0.25) is 0 Å². The van der Waals surface area contributed by atoms with E-state index in [1.807, 2.05) is 30.3 Å². The van der Waals surface area contributed by atoms with E-state index in [1.165, 1.54) is 0 Å². The second kappa shape index (κ2) is 3.39. The highest BCUT2D eigenvalue weighted by molar-refractivity contribution is 9.53. The number of halogens is 3. The van der Waals surface area contributed by atoms with Crippen LogP contribution in [-0.2, 0) is 0 Å². The molecule has 4 heteroatoms. The molecule has 10 heavy (non-hydrogen) atoms. The van der Waals surface area contributed by atoms with Gasteiger partial charge in [-0.2, -0.15) is 0 Å². The molecule has 0 atom stereocenters. The SMILES string of the molecule is Cl[Si](Br)(Br)c1ccccc1. The van der Waals surface area contributed by atoms with Gasteiger partial charge in [0.15, 0.2) is 0 Å². The predicted molar refractivity (Wildman–Crippen MR) is 55.5 cm³/mol. The summed E-state index contributed by atoms with van der Waals surface area (Å²) in [6.07, 6.45) is 0. The van der Waals surface area contributed by atoms with Gasteiger partial charge >= 0.3 is 4.62 Å². The van der Waals surface area contributed by atoms with Crippen molar-refractivity contribution < 1.29 is 0 Å². The van der Waals surface area contributed by atoms with Gasteiger partial charge in [-0.25, -0.2) is 0 Å². The molecule has 0 unspecified atom stereocenters. The van der Waals surface area contributed by atoms with Crippen molar-refractivity contribution >= 4 is 51.5 Å². The largest absolute Gasteiger partial charge is 0.323 e. The highest BCUT2D eigenvalue weighted by Crippen LogP contribution is 2.23. The maximum Gasteiger partial charge on any atom is 0.323 e. The molecule has 0 bridgehead atoms. The Labute approximate surface area is 81.5 Å². The van der Waals surface area contributed by atoms with E-state index in [0.717, 1.165) is 5.19 Å². The molecule has 0 aliphatic heterocycles. The average molecular weight is 300 g/mol. The van der Waals surface area contributed by atoms with Gasteiger partial charge in [-0.1, -0.05) is 60.9 Å². The molecule has 0 nitrogen and oxygen atoms in total. The molecule has 0 spiro atoms. The Balaban J connectivity index is 2.97. The van der Waals surface area contributed by atoms with Crippen molar-refractivity contribution in [3.63, 3.8) is 0 Å². The van der Waals surface area contributed by atoms with Gasteiger partial charge in [-0.15, -0.1) is 11.1 Å². The summed E-state index contributed by atoms with van der Waals surface area (Å²) in [6, 6.07) is 9.93. The summed E-state index contributed by atoms with van der Waals surface area (Å²) in [4.78, 5) is 0. The van der Waals surface area contributed by atoms with E-state index in [9.17, 15) is 0 Å². The van der Waals surface area contributed by atoms with Crippen LogP contribution in [-0.4, -0.2) is 4.62 Å². The number of benzene rings is 1. The van der Waals surface area contributed by atoms with Crippen molar-refractivity contribution in [2.24, 2.45) is 0 Å². The molecule has 0 aliphatic carbocycles. The van der Waals surface area contributed by atoms with Gasteiger partial charge in [0.1, 0.15) is 0 Å². The molecule has 1 rings (SSSR count). The zero-order valence-electron chi connectivity index (χ0n) is 5.02. The lowest BCUT2D eigenvalue weighted by atomic mass is 10.4. The summed E-state index contributed by atoms with van der Waals surface area (Å²) in [6.45, 7) is 0. The smallest absolute Gasteiger partial charge is 0.131 e. The van der Waals surface area contributed by atoms with Crippen LogP contribution < -0.4 is 5.19 Å². The Morgan fingerprint density at radius 1 is 1.10 bits per heavy atom. The first kappa shape index (κ1) is 8.78. The molecular weight excluding hydrogens is 295 g/mol. The third kappa shape index (κ3) is 2.38. The van der Waals surface area contributed by atoms with Crippen LogP contribution in [0.1, 0.15) is 0 Å². The normalized spacial score (nSPS) is 11.5. The molecule has 0 radical (unpaired) electrons. The summed E-state index contributed by atoms with van der Waals surface area (Å²) in [7, 11) is 0. The van der Waals surface area contributed by atoms with Crippen LogP contribution in [0.4, 0.5) is 0 Å². The molecule has 0 saturated carbocycles. The lowest BCUT2D eigenvalue weighted by molar-refractivity contribution is 1.77. The van der Waals surface area contributed by atoms with E-state index in [2.05, 4.69) is 30.6 Å². The fourth-order valence-electron chi connectivity index (χ4n) is 0.627. The van der Waals surface area contributed by atoms with Crippen molar-refractivity contribution in [2.75, 3.05) is 0 Å². The van der Waals surface area contributed by atoms with Gasteiger partial charge < -0.3 is 0 Å². The summed E-state index contributed by atoms with van der Waals surface area (Å²) in [5.41, 5.74) is 0. The van der Waals surface area contributed by atoms with E-state index >= 15 is 0 Å². The molecule has 0 saturated heterocycles. The van der Waals surface area contributed by atoms with E-state index < -0.39 is 4.62 Å². The molecule has 0 N–H and O–H groups in total. The third-order valence-corrected chi connectivity index (χ3v) is 5.49. The Morgan fingerprint density at radius 3 is 1.90 bits per heavy atom. The standard InChI is InChI=1S/C6H5Br2ClSi/c7-10(8,9)6-4-2-1-3-5-6/h1-5H. The van der Waals surface area contributed by atoms with Gasteiger partial charge in [-0.3, -0.25) is 0 Å². The summed E-state index contributed by atoms with van der Waals surface area (Å²) in [5.74, 6) is 0. The van der Waals surface area contributed by atoms with Crippen molar-refractivity contribution in [3.05, 3.63) is 30.3 Å². The molecule has 0 aliphatic rings. The Bertz CT molecular complexity index is 207. The number of rotatable bonds is 1. The minimum atomic E-state index is -1.94. The Hall–Kier alpha value is 0.687. The summed E-state index contributed by atoms with van der Waals surface area (Å²) >= 11 is 12.8. The summed E-state index contributed by atoms with van der Waals surface area (Å²) < 4.78 is -1.94. The monoisotopic (exact) mass is 298 g/mol. The van der Waals surface area contributed by atoms with Crippen LogP contribution in [0.25, 0.3) is 0 Å². The van der Waals surface area contributed by atoms with Gasteiger partial charge in [0, 0.05) is 0 Å². The molecule has 1 aromatic carbocycles. The first-order chi connectivity index (χ1) is 4.61. The first-order valence-electron chi connectivity index (χ1n) is 2.73. The molecule has 0 amide bonds. The number of hydrogen-bond acceptors (Lipinski definition) is 0. The Kier molecular flexibility index (Phi) is 2.98. The Morgan fingerprint density at radius 2 is 1.60 bits per heavy atom. The molecule has 1 aromatic rings. The van der Waals surface area contributed by atoms with E-state index in [0.29, 0.717) is 0 Å². The second-order valence-corrected chi connectivity index (χ2v) is 18.2. The molecule has 54 valence electrons. The van der Waals surface area contributed by atoms with Crippen LogP contribution in [0.3, 0.4) is 0 Å². The lowest BCUT2D eigenvalue weighted by Gasteiger charge is -2.07. The van der Waals surface area contributed by atoms with E-state index in [1.54, 1.807) is 0 Å². The van der Waals surface area contributed by atoms with Crippen LogP contribution in [0, 0.1) is 0 Å². The van der Waals surface area contributed by atoms with Crippen LogP contribution in [0.15, 0.2) is 30.3 Å². The van der Waals surface area contributed by atoms with Crippen molar-refractivity contribution in [2.45, 2.75) is 0 Å². The zero-order chi connectivity index (χ0) is 7.61. The predicted octanol–water partition coefficient (Wildman–Crippen LogP) is 2.86. The van der Waals surface area contributed by atoms with Crippen molar-refractivity contribution in [1.29, 1.82) is 0 Å². The average Bonchev–Trinajstić information content (AvgIpc) is 1.88. The fourth-order valence-corrected chi connectivity index (χ4v) is 3.16. The lowest BCUT2D eigenvalue weighted by Crippen LogP contribution is -2.27. The summed E-state index contributed by atoms with van der Waals surface area (Å²) in [5, 5.41) is 1.14. The quantitative estimate of drug-likeness (QED) is 0.553. The minimum Gasteiger partial charge on any atom is -0.131 e. The van der Waals surface area contributed by atoms with E-state index in [4.69, 9.17) is 11.1 Å². The third-order valence-electron chi connectivity index (χ3n) is 1.10. The highest BCUT2D eigenvalue weighted by Gasteiger charge is 2.24. The zero-order valence-corrected chi connectivity index (χ0v) is 9.95.